The summed E-state index contributed by atoms with van der Waals surface area (Å²) >= 11 is 5.97. The van der Waals surface area contributed by atoms with Crippen molar-refractivity contribution in [3.8, 4) is 17.3 Å². The molecule has 3 aromatic rings. The molecule has 0 bridgehead atoms. The van der Waals surface area contributed by atoms with Gasteiger partial charge in [0.05, 0.1) is 11.3 Å². The van der Waals surface area contributed by atoms with Crippen molar-refractivity contribution in [2.75, 3.05) is 18.4 Å². The second-order valence-corrected chi connectivity index (χ2v) is 5.81. The van der Waals surface area contributed by atoms with Gasteiger partial charge in [-0.1, -0.05) is 23.7 Å². The number of H-pyrrole nitrogens is 1. The minimum atomic E-state index is -0.269. The molecule has 2 aromatic heterocycles. The lowest BCUT2D eigenvalue weighted by atomic mass is 10.1. The Bertz CT molecular complexity index is 962. The van der Waals surface area contributed by atoms with Crippen LogP contribution < -0.4 is 10.6 Å². The quantitative estimate of drug-likeness (QED) is 0.581. The largest absolute Gasteiger partial charge is 0.367 e. The molecule has 0 unspecified atom stereocenters. The first kappa shape index (κ1) is 17.5. The van der Waals surface area contributed by atoms with E-state index in [1.165, 1.54) is 0 Å². The van der Waals surface area contributed by atoms with Gasteiger partial charge < -0.3 is 10.6 Å². The van der Waals surface area contributed by atoms with E-state index in [1.54, 1.807) is 36.5 Å². The van der Waals surface area contributed by atoms with Crippen LogP contribution in [0.15, 0.2) is 48.7 Å². The second-order valence-electron chi connectivity index (χ2n) is 5.37. The van der Waals surface area contributed by atoms with Gasteiger partial charge in [-0.15, -0.1) is 0 Å². The third-order valence-electron chi connectivity index (χ3n) is 3.57. The molecular weight excluding hydrogens is 352 g/mol. The number of carbonyl (C=O) groups is 1. The number of nitrogens with zero attached hydrogens (tertiary/aromatic N) is 3. The molecule has 0 atom stereocenters. The SMILES string of the molecule is N#Cc1cccnc1NCCNC(=O)c1cc(-c2cccc(Cl)c2)n[nH]1. The fourth-order valence-corrected chi connectivity index (χ4v) is 2.51. The average molecular weight is 367 g/mol. The molecule has 26 heavy (non-hydrogen) atoms. The third-order valence-corrected chi connectivity index (χ3v) is 3.81. The molecule has 8 heteroatoms. The highest BCUT2D eigenvalue weighted by atomic mass is 35.5. The number of aromatic amines is 1. The zero-order valence-electron chi connectivity index (χ0n) is 13.7. The first-order valence-corrected chi connectivity index (χ1v) is 8.23. The van der Waals surface area contributed by atoms with E-state index in [-0.39, 0.29) is 5.91 Å². The molecule has 3 N–H and O–H groups in total. The van der Waals surface area contributed by atoms with E-state index in [0.29, 0.717) is 40.9 Å². The fraction of sp³-hybridized carbons (Fsp3) is 0.111. The van der Waals surface area contributed by atoms with E-state index >= 15 is 0 Å². The van der Waals surface area contributed by atoms with Crippen molar-refractivity contribution < 1.29 is 4.79 Å². The Hall–Kier alpha value is -3.37. The number of amides is 1. The maximum absolute atomic E-state index is 12.2. The maximum Gasteiger partial charge on any atom is 0.269 e. The minimum Gasteiger partial charge on any atom is -0.367 e. The van der Waals surface area contributed by atoms with Gasteiger partial charge in [0.15, 0.2) is 0 Å². The van der Waals surface area contributed by atoms with Gasteiger partial charge in [-0.3, -0.25) is 9.89 Å². The number of hydrogen-bond donors (Lipinski definition) is 3. The molecule has 0 aliphatic rings. The Morgan fingerprint density at radius 2 is 2.12 bits per heavy atom. The van der Waals surface area contributed by atoms with Crippen LogP contribution in [0.3, 0.4) is 0 Å². The summed E-state index contributed by atoms with van der Waals surface area (Å²) in [5.74, 6) is 0.225. The van der Waals surface area contributed by atoms with Gasteiger partial charge in [-0.05, 0) is 30.3 Å². The number of carbonyl (C=O) groups excluding carboxylic acids is 1. The third kappa shape index (κ3) is 4.18. The molecule has 7 nitrogen and oxygen atoms in total. The normalized spacial score (nSPS) is 10.2. The number of nitrogens with one attached hydrogen (secondary N) is 3. The first-order chi connectivity index (χ1) is 12.7. The number of nitriles is 1. The van der Waals surface area contributed by atoms with Crippen molar-refractivity contribution >= 4 is 23.3 Å². The molecular formula is C18H15ClN6O. The summed E-state index contributed by atoms with van der Waals surface area (Å²) in [6.45, 7) is 0.804. The van der Waals surface area contributed by atoms with Crippen LogP contribution in [-0.2, 0) is 0 Å². The van der Waals surface area contributed by atoms with Gasteiger partial charge in [0.1, 0.15) is 17.6 Å². The van der Waals surface area contributed by atoms with Crippen LogP contribution in [0.4, 0.5) is 5.82 Å². The lowest BCUT2D eigenvalue weighted by molar-refractivity contribution is 0.0950. The second kappa shape index (κ2) is 8.14. The predicted molar refractivity (Wildman–Crippen MR) is 98.8 cm³/mol. The summed E-state index contributed by atoms with van der Waals surface area (Å²) in [5, 5.41) is 22.3. The molecule has 0 saturated carbocycles. The standard InChI is InChI=1S/C18H15ClN6O/c19-14-5-1-3-12(9-14)15-10-16(25-24-15)18(26)23-8-7-22-17-13(11-20)4-2-6-21-17/h1-6,9-10H,7-8H2,(H,21,22)(H,23,26)(H,24,25). The molecule has 1 amide bonds. The van der Waals surface area contributed by atoms with Gasteiger partial charge in [0, 0.05) is 29.9 Å². The number of anilines is 1. The number of benzene rings is 1. The highest BCUT2D eigenvalue weighted by molar-refractivity contribution is 6.30. The molecule has 0 aliphatic carbocycles. The van der Waals surface area contributed by atoms with Crippen LogP contribution in [0.1, 0.15) is 16.1 Å². The van der Waals surface area contributed by atoms with E-state index in [2.05, 4.69) is 31.9 Å². The minimum absolute atomic E-state index is 0.269. The van der Waals surface area contributed by atoms with Crippen LogP contribution in [0.5, 0.6) is 0 Å². The van der Waals surface area contributed by atoms with Crippen molar-refractivity contribution in [3.63, 3.8) is 0 Å². The summed E-state index contributed by atoms with van der Waals surface area (Å²) in [6.07, 6.45) is 1.60. The van der Waals surface area contributed by atoms with Crippen LogP contribution in [0, 0.1) is 11.3 Å². The zero-order valence-corrected chi connectivity index (χ0v) is 14.4. The van der Waals surface area contributed by atoms with Gasteiger partial charge >= 0.3 is 0 Å². The summed E-state index contributed by atoms with van der Waals surface area (Å²) in [6, 6.07) is 14.3. The zero-order chi connectivity index (χ0) is 18.4. The van der Waals surface area contributed by atoms with E-state index in [4.69, 9.17) is 16.9 Å². The molecule has 0 aliphatic heterocycles. The number of aromatic nitrogens is 3. The van der Waals surface area contributed by atoms with Crippen LogP contribution >= 0.6 is 11.6 Å². The first-order valence-electron chi connectivity index (χ1n) is 7.86. The Morgan fingerprint density at radius 1 is 1.23 bits per heavy atom. The molecule has 130 valence electrons. The lowest BCUT2D eigenvalue weighted by Gasteiger charge is -2.07. The average Bonchev–Trinajstić information content (AvgIpc) is 3.16. The fourth-order valence-electron chi connectivity index (χ4n) is 2.32. The Balaban J connectivity index is 1.54. The summed E-state index contributed by atoms with van der Waals surface area (Å²) in [4.78, 5) is 16.3. The number of rotatable bonds is 6. The highest BCUT2D eigenvalue weighted by Crippen LogP contribution is 2.21. The maximum atomic E-state index is 12.2. The van der Waals surface area contributed by atoms with Crippen molar-refractivity contribution in [2.24, 2.45) is 0 Å². The molecule has 3 rings (SSSR count). The Kier molecular flexibility index (Phi) is 5.46. The highest BCUT2D eigenvalue weighted by Gasteiger charge is 2.11. The van der Waals surface area contributed by atoms with Gasteiger partial charge in [-0.25, -0.2) is 4.98 Å². The summed E-state index contributed by atoms with van der Waals surface area (Å²) < 4.78 is 0. The Morgan fingerprint density at radius 3 is 2.92 bits per heavy atom. The monoisotopic (exact) mass is 366 g/mol. The van der Waals surface area contributed by atoms with E-state index in [0.717, 1.165) is 5.56 Å². The Labute approximate surface area is 155 Å². The molecule has 0 fully saturated rings. The lowest BCUT2D eigenvalue weighted by Crippen LogP contribution is -2.29. The molecule has 2 heterocycles. The van der Waals surface area contributed by atoms with Gasteiger partial charge in [0.2, 0.25) is 0 Å². The van der Waals surface area contributed by atoms with Crippen LogP contribution in [-0.4, -0.2) is 34.2 Å². The van der Waals surface area contributed by atoms with Crippen LogP contribution in [0.25, 0.3) is 11.3 Å². The van der Waals surface area contributed by atoms with Crippen LogP contribution in [0.2, 0.25) is 5.02 Å². The van der Waals surface area contributed by atoms with Crippen molar-refractivity contribution in [3.05, 3.63) is 64.9 Å². The van der Waals surface area contributed by atoms with Gasteiger partial charge in [-0.2, -0.15) is 10.4 Å². The van der Waals surface area contributed by atoms with E-state index in [9.17, 15) is 4.79 Å². The predicted octanol–water partition coefficient (Wildman–Crippen LogP) is 2.84. The van der Waals surface area contributed by atoms with E-state index in [1.807, 2.05) is 12.1 Å². The van der Waals surface area contributed by atoms with E-state index < -0.39 is 0 Å². The number of pyridine rings is 1. The summed E-state index contributed by atoms with van der Waals surface area (Å²) in [5.41, 5.74) is 2.28. The molecule has 0 saturated heterocycles. The van der Waals surface area contributed by atoms with Crippen molar-refractivity contribution in [1.29, 1.82) is 5.26 Å². The van der Waals surface area contributed by atoms with Crippen molar-refractivity contribution in [1.82, 2.24) is 20.5 Å². The molecule has 0 spiro atoms. The molecule has 1 aromatic carbocycles. The number of hydrogen-bond acceptors (Lipinski definition) is 5. The summed E-state index contributed by atoms with van der Waals surface area (Å²) in [7, 11) is 0. The topological polar surface area (TPSA) is 106 Å². The van der Waals surface area contributed by atoms with Gasteiger partial charge in [0.25, 0.3) is 5.91 Å². The number of halogens is 1. The van der Waals surface area contributed by atoms with Crippen molar-refractivity contribution in [2.45, 2.75) is 0 Å². The smallest absolute Gasteiger partial charge is 0.269 e. The molecule has 0 radical (unpaired) electrons.